The summed E-state index contributed by atoms with van der Waals surface area (Å²) in [6.07, 6.45) is 3.41. The molecule has 0 bridgehead atoms. The Morgan fingerprint density at radius 1 is 1.30 bits per heavy atom. The van der Waals surface area contributed by atoms with Crippen LogP contribution in [0.15, 0.2) is 57.4 Å². The third kappa shape index (κ3) is 5.40. The number of hydrogen-bond acceptors (Lipinski definition) is 5. The smallest absolute Gasteiger partial charge is 0.264 e. The summed E-state index contributed by atoms with van der Waals surface area (Å²) in [6, 6.07) is 8.81. The van der Waals surface area contributed by atoms with E-state index in [1.54, 1.807) is 30.4 Å². The van der Waals surface area contributed by atoms with Crippen LogP contribution < -0.4 is 14.8 Å². The molecule has 0 aromatic heterocycles. The largest absolute Gasteiger partial charge is 0.490 e. The molecule has 0 saturated carbocycles. The number of amidine groups is 1. The Kier molecular flexibility index (Phi) is 7.88. The van der Waals surface area contributed by atoms with Crippen molar-refractivity contribution in [3.63, 3.8) is 0 Å². The van der Waals surface area contributed by atoms with Crippen LogP contribution in [-0.2, 0) is 4.79 Å². The van der Waals surface area contributed by atoms with Crippen LogP contribution >= 0.6 is 50.9 Å². The molecule has 2 aromatic rings. The van der Waals surface area contributed by atoms with Crippen molar-refractivity contribution in [1.29, 1.82) is 0 Å². The van der Waals surface area contributed by atoms with Gasteiger partial charge in [-0.3, -0.25) is 4.79 Å². The number of hydrogen-bond donors (Lipinski definition) is 1. The lowest BCUT2D eigenvalue weighted by Crippen LogP contribution is -2.19. The molecular weight excluding hydrogens is 511 g/mol. The van der Waals surface area contributed by atoms with Gasteiger partial charge in [0.25, 0.3) is 5.91 Å². The van der Waals surface area contributed by atoms with Crippen molar-refractivity contribution in [2.45, 2.75) is 6.92 Å². The molecule has 0 radical (unpaired) electrons. The van der Waals surface area contributed by atoms with Crippen LogP contribution in [0.3, 0.4) is 0 Å². The molecule has 5 nitrogen and oxygen atoms in total. The Morgan fingerprint density at radius 3 is 2.83 bits per heavy atom. The van der Waals surface area contributed by atoms with Gasteiger partial charge >= 0.3 is 0 Å². The summed E-state index contributed by atoms with van der Waals surface area (Å²) in [5.74, 6) is 0.904. The molecule has 1 aliphatic heterocycles. The van der Waals surface area contributed by atoms with Crippen LogP contribution in [-0.4, -0.2) is 24.3 Å². The van der Waals surface area contributed by atoms with E-state index in [4.69, 9.17) is 32.7 Å². The van der Waals surface area contributed by atoms with Gasteiger partial charge in [-0.2, -0.15) is 0 Å². The second kappa shape index (κ2) is 10.4. The highest BCUT2D eigenvalue weighted by Crippen LogP contribution is 2.39. The summed E-state index contributed by atoms with van der Waals surface area (Å²) >= 11 is 16.9. The normalized spacial score (nSPS) is 16.1. The zero-order valence-electron chi connectivity index (χ0n) is 15.9. The van der Waals surface area contributed by atoms with E-state index in [0.29, 0.717) is 55.0 Å². The van der Waals surface area contributed by atoms with Gasteiger partial charge in [0.05, 0.1) is 31.7 Å². The highest BCUT2D eigenvalue weighted by Gasteiger charge is 2.24. The fraction of sp³-hybridized carbons (Fsp3) is 0.143. The summed E-state index contributed by atoms with van der Waals surface area (Å²) in [5, 5.41) is 3.89. The van der Waals surface area contributed by atoms with E-state index in [9.17, 15) is 4.79 Å². The highest BCUT2D eigenvalue weighted by atomic mass is 79.9. The van der Waals surface area contributed by atoms with E-state index in [2.05, 4.69) is 32.8 Å². The summed E-state index contributed by atoms with van der Waals surface area (Å²) in [6.45, 7) is 6.37. The number of carbonyl (C=O) groups excluding carboxylic acids is 1. The molecule has 1 fully saturated rings. The van der Waals surface area contributed by atoms with Gasteiger partial charge in [0, 0.05) is 0 Å². The molecule has 0 atom stereocenters. The summed E-state index contributed by atoms with van der Waals surface area (Å²) in [7, 11) is 0. The van der Waals surface area contributed by atoms with Crippen molar-refractivity contribution in [2.24, 2.45) is 4.99 Å². The maximum Gasteiger partial charge on any atom is 0.264 e. The van der Waals surface area contributed by atoms with Gasteiger partial charge < -0.3 is 14.8 Å². The maximum absolute atomic E-state index is 12.4. The molecule has 1 amide bonds. The zero-order chi connectivity index (χ0) is 21.7. The number of aliphatic imine (C=N–C) groups is 1. The number of ether oxygens (including phenoxy) is 2. The van der Waals surface area contributed by atoms with Crippen molar-refractivity contribution in [3.05, 3.63) is 68.0 Å². The van der Waals surface area contributed by atoms with E-state index in [1.165, 1.54) is 11.8 Å². The summed E-state index contributed by atoms with van der Waals surface area (Å²) in [4.78, 5) is 17.3. The number of benzene rings is 2. The van der Waals surface area contributed by atoms with Crippen LogP contribution in [0.1, 0.15) is 12.5 Å². The Labute approximate surface area is 197 Å². The Balaban J connectivity index is 1.89. The van der Waals surface area contributed by atoms with E-state index < -0.39 is 0 Å². The number of thioether (sulfide) groups is 1. The number of nitrogens with zero attached hydrogens (tertiary/aromatic N) is 1. The molecule has 156 valence electrons. The zero-order valence-corrected chi connectivity index (χ0v) is 19.8. The van der Waals surface area contributed by atoms with E-state index >= 15 is 0 Å². The maximum atomic E-state index is 12.4. The molecule has 1 aliphatic rings. The molecule has 3 rings (SSSR count). The number of carbonyl (C=O) groups is 1. The Bertz CT molecular complexity index is 1060. The van der Waals surface area contributed by atoms with Gasteiger partial charge in [0.1, 0.15) is 6.61 Å². The first-order valence-electron chi connectivity index (χ1n) is 8.86. The number of nitrogens with one attached hydrogen (secondary N) is 1. The standard InChI is InChI=1S/C21H17BrCl2N2O3S/c1-3-8-29-19-13(22)9-12(10-16(19)28-4-2)11-17-20(27)26-21(30-17)25-15-7-5-6-14(23)18(15)24/h3,5-7,9-11H,1,4,8H2,2H3,(H,25,26,27)/b17-11+. The minimum atomic E-state index is -0.252. The first-order valence-corrected chi connectivity index (χ1v) is 11.2. The number of amides is 1. The molecule has 0 spiro atoms. The molecule has 2 aromatic carbocycles. The highest BCUT2D eigenvalue weighted by molar-refractivity contribution is 9.10. The lowest BCUT2D eigenvalue weighted by molar-refractivity contribution is -0.115. The molecule has 0 unspecified atom stereocenters. The van der Waals surface area contributed by atoms with E-state index in [1.807, 2.05) is 19.1 Å². The topological polar surface area (TPSA) is 59.9 Å². The summed E-state index contributed by atoms with van der Waals surface area (Å²) < 4.78 is 12.1. The number of rotatable bonds is 7. The predicted molar refractivity (Wildman–Crippen MR) is 128 cm³/mol. The van der Waals surface area contributed by atoms with Gasteiger partial charge in [-0.05, 0) is 70.5 Å². The average Bonchev–Trinajstić information content (AvgIpc) is 3.04. The van der Waals surface area contributed by atoms with Crippen LogP contribution in [0, 0.1) is 0 Å². The Hall–Kier alpha value is -1.93. The summed E-state index contributed by atoms with van der Waals surface area (Å²) in [5.41, 5.74) is 1.26. The van der Waals surface area contributed by atoms with Crippen LogP contribution in [0.4, 0.5) is 5.69 Å². The third-order valence-corrected chi connectivity index (χ3v) is 6.09. The molecular formula is C21H17BrCl2N2O3S. The predicted octanol–water partition coefficient (Wildman–Crippen LogP) is 6.61. The lowest BCUT2D eigenvalue weighted by Gasteiger charge is -2.13. The molecule has 9 heteroatoms. The minimum absolute atomic E-state index is 0.252. The van der Waals surface area contributed by atoms with Gasteiger partial charge in [0.2, 0.25) is 0 Å². The molecule has 1 N–H and O–H groups in total. The fourth-order valence-electron chi connectivity index (χ4n) is 2.54. The van der Waals surface area contributed by atoms with Gasteiger partial charge in [-0.15, -0.1) is 0 Å². The second-order valence-corrected chi connectivity index (χ2v) is 8.59. The Morgan fingerprint density at radius 2 is 2.10 bits per heavy atom. The lowest BCUT2D eigenvalue weighted by atomic mass is 10.2. The van der Waals surface area contributed by atoms with E-state index in [-0.39, 0.29) is 5.91 Å². The van der Waals surface area contributed by atoms with Crippen molar-refractivity contribution in [3.8, 4) is 11.5 Å². The first-order chi connectivity index (χ1) is 14.4. The van der Waals surface area contributed by atoms with E-state index in [0.717, 1.165) is 5.56 Å². The van der Waals surface area contributed by atoms with Gasteiger partial charge in [-0.25, -0.2) is 4.99 Å². The molecule has 0 aliphatic carbocycles. The third-order valence-electron chi connectivity index (χ3n) is 3.78. The SMILES string of the molecule is C=CCOc1c(Br)cc(/C=C2/SC(=Nc3cccc(Cl)c3Cl)NC2=O)cc1OCC. The second-order valence-electron chi connectivity index (χ2n) is 5.92. The first kappa shape index (κ1) is 22.7. The van der Waals surface area contributed by atoms with Crippen molar-refractivity contribution < 1.29 is 14.3 Å². The van der Waals surface area contributed by atoms with Gasteiger partial charge in [0.15, 0.2) is 16.7 Å². The average molecular weight is 528 g/mol. The monoisotopic (exact) mass is 526 g/mol. The van der Waals surface area contributed by atoms with Crippen LogP contribution in [0.5, 0.6) is 11.5 Å². The quantitative estimate of drug-likeness (QED) is 0.325. The number of halogens is 3. The molecule has 1 heterocycles. The molecule has 30 heavy (non-hydrogen) atoms. The van der Waals surface area contributed by atoms with Crippen molar-refractivity contribution in [2.75, 3.05) is 13.2 Å². The van der Waals surface area contributed by atoms with Gasteiger partial charge in [-0.1, -0.05) is 41.9 Å². The fourth-order valence-corrected chi connectivity index (χ4v) is 4.28. The van der Waals surface area contributed by atoms with Crippen LogP contribution in [0.25, 0.3) is 6.08 Å². The van der Waals surface area contributed by atoms with Crippen LogP contribution in [0.2, 0.25) is 10.0 Å². The molecule has 1 saturated heterocycles. The van der Waals surface area contributed by atoms with Crippen molar-refractivity contribution in [1.82, 2.24) is 5.32 Å². The minimum Gasteiger partial charge on any atom is -0.490 e. The van der Waals surface area contributed by atoms with Crippen molar-refractivity contribution >= 4 is 73.7 Å².